The van der Waals surface area contributed by atoms with Crippen molar-refractivity contribution in [3.63, 3.8) is 0 Å². The molecular formula is C12H15ClFNO2. The lowest BCUT2D eigenvalue weighted by Gasteiger charge is -2.19. The van der Waals surface area contributed by atoms with Crippen molar-refractivity contribution < 1.29 is 14.3 Å². The average Bonchev–Trinajstić information content (AvgIpc) is 2.24. The number of carboxylic acid groups (broad SMARTS) is 1. The zero-order valence-electron chi connectivity index (χ0n) is 9.78. The molecule has 1 aromatic carbocycles. The number of hydrogen-bond donors (Lipinski definition) is 1. The van der Waals surface area contributed by atoms with Crippen LogP contribution in [0.3, 0.4) is 0 Å². The topological polar surface area (TPSA) is 40.5 Å². The molecule has 0 spiro atoms. The van der Waals surface area contributed by atoms with E-state index in [-0.39, 0.29) is 5.02 Å². The molecule has 0 aromatic heterocycles. The molecule has 17 heavy (non-hydrogen) atoms. The Morgan fingerprint density at radius 1 is 1.59 bits per heavy atom. The molecule has 1 rings (SSSR count). The Bertz CT molecular complexity index is 411. The third-order valence-corrected chi connectivity index (χ3v) is 2.77. The van der Waals surface area contributed by atoms with Crippen molar-refractivity contribution in [2.75, 3.05) is 13.6 Å². The highest BCUT2D eigenvalue weighted by Crippen LogP contribution is 2.19. The zero-order valence-corrected chi connectivity index (χ0v) is 10.5. The van der Waals surface area contributed by atoms with E-state index in [4.69, 9.17) is 16.7 Å². The van der Waals surface area contributed by atoms with E-state index in [0.29, 0.717) is 18.7 Å². The second-order valence-electron chi connectivity index (χ2n) is 4.15. The van der Waals surface area contributed by atoms with Crippen LogP contribution in [-0.2, 0) is 11.3 Å². The Hall–Kier alpha value is -1.13. The van der Waals surface area contributed by atoms with Gasteiger partial charge in [-0.1, -0.05) is 30.7 Å². The molecule has 0 saturated heterocycles. The van der Waals surface area contributed by atoms with Crippen LogP contribution in [0.4, 0.5) is 4.39 Å². The van der Waals surface area contributed by atoms with Gasteiger partial charge in [0.25, 0.3) is 0 Å². The van der Waals surface area contributed by atoms with Gasteiger partial charge in [0.15, 0.2) is 0 Å². The molecule has 1 aromatic rings. The summed E-state index contributed by atoms with van der Waals surface area (Å²) in [6, 6.07) is 4.80. The van der Waals surface area contributed by atoms with Crippen LogP contribution in [0.15, 0.2) is 18.2 Å². The van der Waals surface area contributed by atoms with Gasteiger partial charge in [-0.15, -0.1) is 0 Å². The van der Waals surface area contributed by atoms with Crippen LogP contribution in [0.2, 0.25) is 5.02 Å². The van der Waals surface area contributed by atoms with Crippen molar-refractivity contribution in [2.24, 2.45) is 5.92 Å². The molecule has 94 valence electrons. The fourth-order valence-electron chi connectivity index (χ4n) is 1.57. The molecule has 5 heteroatoms. The molecular weight excluding hydrogens is 245 g/mol. The van der Waals surface area contributed by atoms with Gasteiger partial charge in [0.2, 0.25) is 0 Å². The maximum atomic E-state index is 13.6. The monoisotopic (exact) mass is 259 g/mol. The Morgan fingerprint density at radius 2 is 2.24 bits per heavy atom. The fourth-order valence-corrected chi connectivity index (χ4v) is 1.77. The van der Waals surface area contributed by atoms with Gasteiger partial charge in [0, 0.05) is 18.7 Å². The van der Waals surface area contributed by atoms with Crippen LogP contribution in [0.25, 0.3) is 0 Å². The Balaban J connectivity index is 2.65. The van der Waals surface area contributed by atoms with Gasteiger partial charge in [0.1, 0.15) is 5.82 Å². The molecule has 0 saturated carbocycles. The number of aliphatic carboxylic acids is 1. The summed E-state index contributed by atoms with van der Waals surface area (Å²) >= 11 is 5.67. The molecule has 0 bridgehead atoms. The first-order chi connectivity index (χ1) is 7.91. The van der Waals surface area contributed by atoms with Crippen LogP contribution >= 0.6 is 11.6 Å². The van der Waals surface area contributed by atoms with E-state index in [1.165, 1.54) is 6.07 Å². The first-order valence-corrected chi connectivity index (χ1v) is 5.64. The minimum Gasteiger partial charge on any atom is -0.481 e. The van der Waals surface area contributed by atoms with Gasteiger partial charge in [-0.25, -0.2) is 4.39 Å². The van der Waals surface area contributed by atoms with Crippen LogP contribution in [-0.4, -0.2) is 29.6 Å². The molecule has 0 heterocycles. The summed E-state index contributed by atoms with van der Waals surface area (Å²) in [7, 11) is 1.75. The molecule has 0 aliphatic heterocycles. The summed E-state index contributed by atoms with van der Waals surface area (Å²) in [4.78, 5) is 12.4. The lowest BCUT2D eigenvalue weighted by atomic mass is 10.1. The van der Waals surface area contributed by atoms with Crippen molar-refractivity contribution in [1.29, 1.82) is 0 Å². The Morgan fingerprint density at radius 3 is 2.82 bits per heavy atom. The molecule has 1 atom stereocenters. The zero-order chi connectivity index (χ0) is 13.0. The highest BCUT2D eigenvalue weighted by atomic mass is 35.5. The van der Waals surface area contributed by atoms with Gasteiger partial charge >= 0.3 is 5.97 Å². The molecule has 0 fully saturated rings. The summed E-state index contributed by atoms with van der Waals surface area (Å²) in [5.41, 5.74) is 0.470. The van der Waals surface area contributed by atoms with Crippen LogP contribution in [0.1, 0.15) is 12.5 Å². The summed E-state index contributed by atoms with van der Waals surface area (Å²) in [6.07, 6.45) is 0. The first-order valence-electron chi connectivity index (χ1n) is 5.26. The SMILES string of the molecule is CC(CN(C)Cc1cccc(Cl)c1F)C(=O)O. The summed E-state index contributed by atoms with van der Waals surface area (Å²) in [6.45, 7) is 2.32. The average molecular weight is 260 g/mol. The molecule has 0 amide bonds. The third kappa shape index (κ3) is 3.98. The van der Waals surface area contributed by atoms with E-state index in [2.05, 4.69) is 0 Å². The standard InChI is InChI=1S/C12H15ClFNO2/c1-8(12(16)17)6-15(2)7-9-4-3-5-10(13)11(9)14/h3-5,8H,6-7H2,1-2H3,(H,16,17). The van der Waals surface area contributed by atoms with Crippen molar-refractivity contribution in [3.8, 4) is 0 Å². The van der Waals surface area contributed by atoms with Gasteiger partial charge in [-0.3, -0.25) is 4.79 Å². The molecule has 0 aliphatic carbocycles. The normalized spacial score (nSPS) is 12.8. The molecule has 3 nitrogen and oxygen atoms in total. The minimum atomic E-state index is -0.858. The van der Waals surface area contributed by atoms with Gasteiger partial charge < -0.3 is 10.0 Å². The van der Waals surface area contributed by atoms with Crippen LogP contribution in [0.5, 0.6) is 0 Å². The number of nitrogens with zero attached hydrogens (tertiary/aromatic N) is 1. The maximum Gasteiger partial charge on any atom is 0.307 e. The quantitative estimate of drug-likeness (QED) is 0.884. The fraction of sp³-hybridized carbons (Fsp3) is 0.417. The molecule has 1 unspecified atom stereocenters. The predicted molar refractivity (Wildman–Crippen MR) is 64.5 cm³/mol. The van der Waals surface area contributed by atoms with E-state index in [0.717, 1.165) is 0 Å². The van der Waals surface area contributed by atoms with Crippen molar-refractivity contribution in [2.45, 2.75) is 13.5 Å². The van der Waals surface area contributed by atoms with E-state index in [1.807, 2.05) is 0 Å². The minimum absolute atomic E-state index is 0.0854. The first kappa shape index (κ1) is 13.9. The second kappa shape index (κ2) is 5.98. The van der Waals surface area contributed by atoms with Crippen LogP contribution < -0.4 is 0 Å². The number of carbonyl (C=O) groups is 1. The van der Waals surface area contributed by atoms with Gasteiger partial charge in [-0.2, -0.15) is 0 Å². The van der Waals surface area contributed by atoms with E-state index in [1.54, 1.807) is 31.0 Å². The van der Waals surface area contributed by atoms with E-state index < -0.39 is 17.7 Å². The Labute approximate surface area is 105 Å². The lowest BCUT2D eigenvalue weighted by molar-refractivity contribution is -0.141. The van der Waals surface area contributed by atoms with Gasteiger partial charge in [-0.05, 0) is 13.1 Å². The number of hydrogen-bond acceptors (Lipinski definition) is 2. The maximum absolute atomic E-state index is 13.6. The van der Waals surface area contributed by atoms with Crippen molar-refractivity contribution in [1.82, 2.24) is 4.90 Å². The summed E-state index contributed by atoms with van der Waals surface area (Å²) < 4.78 is 13.6. The van der Waals surface area contributed by atoms with E-state index >= 15 is 0 Å². The summed E-state index contributed by atoms with van der Waals surface area (Å²) in [5.74, 6) is -1.78. The third-order valence-electron chi connectivity index (χ3n) is 2.48. The highest BCUT2D eigenvalue weighted by Gasteiger charge is 2.15. The highest BCUT2D eigenvalue weighted by molar-refractivity contribution is 6.30. The predicted octanol–water partition coefficient (Wildman–Crippen LogP) is 2.63. The Kier molecular flexibility index (Phi) is 4.90. The largest absolute Gasteiger partial charge is 0.481 e. The van der Waals surface area contributed by atoms with Crippen LogP contribution in [0, 0.1) is 11.7 Å². The van der Waals surface area contributed by atoms with E-state index in [9.17, 15) is 9.18 Å². The second-order valence-corrected chi connectivity index (χ2v) is 4.56. The molecule has 1 N–H and O–H groups in total. The number of halogens is 2. The molecule has 0 aliphatic rings. The summed E-state index contributed by atoms with van der Waals surface area (Å²) in [5, 5.41) is 8.86. The smallest absolute Gasteiger partial charge is 0.307 e. The number of rotatable bonds is 5. The van der Waals surface area contributed by atoms with Crippen molar-refractivity contribution in [3.05, 3.63) is 34.6 Å². The lowest BCUT2D eigenvalue weighted by Crippen LogP contribution is -2.28. The van der Waals surface area contributed by atoms with Gasteiger partial charge in [0.05, 0.1) is 10.9 Å². The van der Waals surface area contributed by atoms with Crippen molar-refractivity contribution >= 4 is 17.6 Å². The molecule has 0 radical (unpaired) electrons. The number of benzene rings is 1. The number of carboxylic acids is 1.